The standard InChI is InChI=1S/C12H17N3OS2/c1-7-8(2)18-12-10(7)11(16)14-9(15-12)6-17-5-3-4-13/h3-6,13H2,1-2H3,(H,14,15,16). The minimum Gasteiger partial charge on any atom is -0.330 e. The van der Waals surface area contributed by atoms with Crippen LogP contribution in [0, 0.1) is 13.8 Å². The number of aromatic amines is 1. The Morgan fingerprint density at radius 2 is 2.22 bits per heavy atom. The number of aryl methyl sites for hydroxylation is 2. The number of H-pyrrole nitrogens is 1. The summed E-state index contributed by atoms with van der Waals surface area (Å²) in [5.41, 5.74) is 6.47. The van der Waals surface area contributed by atoms with Crippen LogP contribution in [0.3, 0.4) is 0 Å². The summed E-state index contributed by atoms with van der Waals surface area (Å²) in [5, 5.41) is 0.744. The van der Waals surface area contributed by atoms with Crippen LogP contribution in [-0.2, 0) is 5.75 Å². The second-order valence-corrected chi connectivity index (χ2v) is 6.48. The lowest BCUT2D eigenvalue weighted by Crippen LogP contribution is -2.11. The van der Waals surface area contributed by atoms with E-state index in [1.807, 2.05) is 13.8 Å². The molecule has 18 heavy (non-hydrogen) atoms. The lowest BCUT2D eigenvalue weighted by Gasteiger charge is -2.01. The molecule has 0 spiro atoms. The van der Waals surface area contributed by atoms with Crippen LogP contribution in [0.2, 0.25) is 0 Å². The molecule has 0 aliphatic heterocycles. The largest absolute Gasteiger partial charge is 0.330 e. The maximum absolute atomic E-state index is 12.0. The topological polar surface area (TPSA) is 71.8 Å². The maximum Gasteiger partial charge on any atom is 0.259 e. The van der Waals surface area contributed by atoms with Crippen LogP contribution in [0.1, 0.15) is 22.7 Å². The Labute approximate surface area is 114 Å². The Kier molecular flexibility index (Phi) is 4.42. The normalized spacial score (nSPS) is 11.3. The van der Waals surface area contributed by atoms with Crippen molar-refractivity contribution in [2.75, 3.05) is 12.3 Å². The molecule has 0 unspecified atom stereocenters. The number of aromatic nitrogens is 2. The first kappa shape index (κ1) is 13.6. The zero-order valence-electron chi connectivity index (χ0n) is 10.6. The average molecular weight is 283 g/mol. The monoisotopic (exact) mass is 283 g/mol. The van der Waals surface area contributed by atoms with Gasteiger partial charge in [-0.05, 0) is 38.1 Å². The lowest BCUT2D eigenvalue weighted by molar-refractivity contribution is 0.940. The third-order valence-corrected chi connectivity index (χ3v) is 4.98. The number of hydrogen-bond donors (Lipinski definition) is 2. The van der Waals surface area contributed by atoms with Crippen LogP contribution in [0.5, 0.6) is 0 Å². The van der Waals surface area contributed by atoms with Gasteiger partial charge in [0.25, 0.3) is 5.56 Å². The maximum atomic E-state index is 12.0. The highest BCUT2D eigenvalue weighted by atomic mass is 32.2. The molecule has 0 aromatic carbocycles. The first-order valence-electron chi connectivity index (χ1n) is 5.90. The molecule has 2 heterocycles. The summed E-state index contributed by atoms with van der Waals surface area (Å²) in [6.45, 7) is 4.71. The molecule has 0 saturated heterocycles. The fourth-order valence-corrected chi connectivity index (χ4v) is 3.62. The van der Waals surface area contributed by atoms with E-state index in [2.05, 4.69) is 9.97 Å². The summed E-state index contributed by atoms with van der Waals surface area (Å²) in [4.78, 5) is 21.4. The molecule has 2 aromatic heterocycles. The van der Waals surface area contributed by atoms with Gasteiger partial charge in [-0.3, -0.25) is 4.79 Å². The van der Waals surface area contributed by atoms with Crippen LogP contribution in [0.25, 0.3) is 10.2 Å². The summed E-state index contributed by atoms with van der Waals surface area (Å²) >= 11 is 3.34. The summed E-state index contributed by atoms with van der Waals surface area (Å²) in [5.74, 6) is 2.50. The van der Waals surface area contributed by atoms with Gasteiger partial charge in [0.1, 0.15) is 10.7 Å². The van der Waals surface area contributed by atoms with E-state index in [0.717, 1.165) is 44.4 Å². The molecule has 3 N–H and O–H groups in total. The van der Waals surface area contributed by atoms with Crippen molar-refractivity contribution in [3.8, 4) is 0 Å². The second kappa shape index (κ2) is 5.86. The third-order valence-electron chi connectivity index (χ3n) is 2.82. The summed E-state index contributed by atoms with van der Waals surface area (Å²) < 4.78 is 0. The number of fused-ring (bicyclic) bond motifs is 1. The van der Waals surface area contributed by atoms with E-state index in [9.17, 15) is 4.79 Å². The Morgan fingerprint density at radius 1 is 1.44 bits per heavy atom. The second-order valence-electron chi connectivity index (χ2n) is 4.17. The van der Waals surface area contributed by atoms with Gasteiger partial charge in [-0.15, -0.1) is 11.3 Å². The SMILES string of the molecule is Cc1sc2nc(CSCCCN)[nH]c(=O)c2c1C. The Bertz CT molecular complexity index is 603. The van der Waals surface area contributed by atoms with Crippen molar-refractivity contribution in [3.63, 3.8) is 0 Å². The number of nitrogens with one attached hydrogen (secondary N) is 1. The van der Waals surface area contributed by atoms with Crippen molar-refractivity contribution in [1.29, 1.82) is 0 Å². The highest BCUT2D eigenvalue weighted by molar-refractivity contribution is 7.98. The molecular weight excluding hydrogens is 266 g/mol. The summed E-state index contributed by atoms with van der Waals surface area (Å²) in [7, 11) is 0. The zero-order chi connectivity index (χ0) is 13.1. The van der Waals surface area contributed by atoms with Gasteiger partial charge in [-0.2, -0.15) is 11.8 Å². The highest BCUT2D eigenvalue weighted by Gasteiger charge is 2.11. The number of hydrogen-bond acceptors (Lipinski definition) is 5. The average Bonchev–Trinajstić information content (AvgIpc) is 2.61. The van der Waals surface area contributed by atoms with Crippen molar-refractivity contribution in [2.45, 2.75) is 26.0 Å². The number of rotatable bonds is 5. The van der Waals surface area contributed by atoms with Crippen molar-refractivity contribution < 1.29 is 0 Å². The van der Waals surface area contributed by atoms with Crippen molar-refractivity contribution in [2.24, 2.45) is 5.73 Å². The molecule has 0 aliphatic carbocycles. The first-order valence-corrected chi connectivity index (χ1v) is 7.87. The van der Waals surface area contributed by atoms with E-state index in [0.29, 0.717) is 6.54 Å². The lowest BCUT2D eigenvalue weighted by atomic mass is 10.2. The number of nitrogens with zero attached hydrogens (tertiary/aromatic N) is 1. The van der Waals surface area contributed by atoms with E-state index in [4.69, 9.17) is 5.73 Å². The van der Waals surface area contributed by atoms with Crippen LogP contribution < -0.4 is 11.3 Å². The van der Waals surface area contributed by atoms with Gasteiger partial charge in [-0.1, -0.05) is 0 Å². The van der Waals surface area contributed by atoms with Gasteiger partial charge in [0.2, 0.25) is 0 Å². The zero-order valence-corrected chi connectivity index (χ0v) is 12.2. The fraction of sp³-hybridized carbons (Fsp3) is 0.500. The molecule has 0 saturated carbocycles. The quantitative estimate of drug-likeness (QED) is 0.825. The van der Waals surface area contributed by atoms with E-state index in [1.54, 1.807) is 23.1 Å². The van der Waals surface area contributed by atoms with Gasteiger partial charge >= 0.3 is 0 Å². The molecule has 0 aliphatic rings. The molecule has 6 heteroatoms. The van der Waals surface area contributed by atoms with E-state index >= 15 is 0 Å². The third kappa shape index (κ3) is 2.76. The summed E-state index contributed by atoms with van der Waals surface area (Å²) in [6.07, 6.45) is 0.994. The molecule has 0 radical (unpaired) electrons. The van der Waals surface area contributed by atoms with Gasteiger partial charge in [0, 0.05) is 4.88 Å². The minimum absolute atomic E-state index is 0.0173. The van der Waals surface area contributed by atoms with Crippen LogP contribution in [-0.4, -0.2) is 22.3 Å². The number of nitrogens with two attached hydrogens (primary N) is 1. The van der Waals surface area contributed by atoms with Gasteiger partial charge in [-0.25, -0.2) is 4.98 Å². The Morgan fingerprint density at radius 3 is 2.94 bits per heavy atom. The predicted octanol–water partition coefficient (Wildman–Crippen LogP) is 2.18. The smallest absolute Gasteiger partial charge is 0.259 e. The van der Waals surface area contributed by atoms with Crippen LogP contribution in [0.4, 0.5) is 0 Å². The molecule has 98 valence electrons. The van der Waals surface area contributed by atoms with E-state index in [-0.39, 0.29) is 5.56 Å². The molecule has 0 bridgehead atoms. The van der Waals surface area contributed by atoms with Gasteiger partial charge in [0.05, 0.1) is 11.1 Å². The number of thiophene rings is 1. The Balaban J connectivity index is 2.24. The molecule has 4 nitrogen and oxygen atoms in total. The first-order chi connectivity index (χ1) is 8.63. The highest BCUT2D eigenvalue weighted by Crippen LogP contribution is 2.26. The van der Waals surface area contributed by atoms with Crippen molar-refractivity contribution in [1.82, 2.24) is 9.97 Å². The molecule has 2 aromatic rings. The van der Waals surface area contributed by atoms with Gasteiger partial charge in [0.15, 0.2) is 0 Å². The van der Waals surface area contributed by atoms with Gasteiger partial charge < -0.3 is 10.7 Å². The fourth-order valence-electron chi connectivity index (χ4n) is 1.72. The number of thioether (sulfide) groups is 1. The predicted molar refractivity (Wildman–Crippen MR) is 79.5 cm³/mol. The summed E-state index contributed by atoms with van der Waals surface area (Å²) in [6, 6.07) is 0. The molecule has 0 amide bonds. The van der Waals surface area contributed by atoms with Crippen molar-refractivity contribution >= 4 is 33.3 Å². The van der Waals surface area contributed by atoms with E-state index in [1.165, 1.54) is 0 Å². The minimum atomic E-state index is -0.0173. The Hall–Kier alpha value is -0.850. The molecular formula is C12H17N3OS2. The van der Waals surface area contributed by atoms with Crippen molar-refractivity contribution in [3.05, 3.63) is 26.6 Å². The van der Waals surface area contributed by atoms with Crippen LogP contribution in [0.15, 0.2) is 4.79 Å². The molecule has 0 atom stereocenters. The van der Waals surface area contributed by atoms with Crippen LogP contribution >= 0.6 is 23.1 Å². The molecule has 0 fully saturated rings. The molecule has 2 rings (SSSR count). The van der Waals surface area contributed by atoms with E-state index < -0.39 is 0 Å².